The number of carbonyl (C=O) groups excluding carboxylic acids is 1. The van der Waals surface area contributed by atoms with Gasteiger partial charge in [-0.15, -0.1) is 0 Å². The van der Waals surface area contributed by atoms with Crippen molar-refractivity contribution in [3.63, 3.8) is 0 Å². The summed E-state index contributed by atoms with van der Waals surface area (Å²) >= 11 is 0. The molecule has 5 heteroatoms. The van der Waals surface area contributed by atoms with E-state index >= 15 is 0 Å². The van der Waals surface area contributed by atoms with E-state index in [-0.39, 0.29) is 11.9 Å². The number of carbonyl (C=O) groups is 1. The van der Waals surface area contributed by atoms with Crippen LogP contribution in [0, 0.1) is 13.8 Å². The number of aromatic nitrogens is 1. The monoisotopic (exact) mass is 248 g/mol. The molecule has 18 heavy (non-hydrogen) atoms. The summed E-state index contributed by atoms with van der Waals surface area (Å²) in [6, 6.07) is 3.70. The fraction of sp³-hybridized carbons (Fsp3) is 0.385. The zero-order valence-electron chi connectivity index (χ0n) is 10.7. The maximum atomic E-state index is 12.0. The Morgan fingerprint density at radius 2 is 2.28 bits per heavy atom. The predicted octanol–water partition coefficient (Wildman–Crippen LogP) is 2.25. The van der Waals surface area contributed by atoms with E-state index in [0.717, 1.165) is 5.76 Å². The molecule has 96 valence electrons. The minimum Gasteiger partial charge on any atom is -0.469 e. The van der Waals surface area contributed by atoms with Crippen molar-refractivity contribution in [3.8, 4) is 0 Å². The van der Waals surface area contributed by atoms with E-state index in [1.54, 1.807) is 20.1 Å². The number of nitrogens with zero attached hydrogens (tertiary/aromatic N) is 1. The number of amides is 1. The molecule has 0 bridgehead atoms. The van der Waals surface area contributed by atoms with Crippen LogP contribution in [0.4, 0.5) is 0 Å². The molecule has 0 radical (unpaired) electrons. The van der Waals surface area contributed by atoms with Crippen molar-refractivity contribution in [3.05, 3.63) is 41.2 Å². The summed E-state index contributed by atoms with van der Waals surface area (Å²) in [6.07, 6.45) is 2.28. The number of aryl methyl sites for hydroxylation is 2. The second kappa shape index (κ2) is 5.08. The Morgan fingerprint density at radius 1 is 1.50 bits per heavy atom. The molecule has 2 aromatic heterocycles. The van der Waals surface area contributed by atoms with Crippen molar-refractivity contribution in [2.45, 2.75) is 33.2 Å². The van der Waals surface area contributed by atoms with Gasteiger partial charge >= 0.3 is 0 Å². The van der Waals surface area contributed by atoms with Crippen molar-refractivity contribution in [1.82, 2.24) is 10.5 Å². The minimum atomic E-state index is -0.162. The molecule has 2 heterocycles. The van der Waals surface area contributed by atoms with E-state index in [1.807, 2.05) is 19.1 Å². The van der Waals surface area contributed by atoms with Crippen LogP contribution in [0.1, 0.15) is 34.5 Å². The third-order valence-electron chi connectivity index (χ3n) is 2.73. The molecule has 1 atom stereocenters. The van der Waals surface area contributed by atoms with Crippen LogP contribution in [0.15, 0.2) is 27.3 Å². The Bertz CT molecular complexity index is 509. The highest BCUT2D eigenvalue weighted by Gasteiger charge is 2.19. The average Bonchev–Trinajstić information content (AvgIpc) is 2.89. The van der Waals surface area contributed by atoms with Crippen LogP contribution in [0.3, 0.4) is 0 Å². The lowest BCUT2D eigenvalue weighted by molar-refractivity contribution is 0.0937. The molecular formula is C13H16N2O3. The SMILES string of the molecule is Cc1noc(C)c1C(=O)NC(C)Cc1ccco1. The van der Waals surface area contributed by atoms with Crippen LogP contribution in [-0.2, 0) is 6.42 Å². The highest BCUT2D eigenvalue weighted by Crippen LogP contribution is 2.12. The van der Waals surface area contributed by atoms with Crippen molar-refractivity contribution in [1.29, 1.82) is 0 Å². The molecule has 2 aromatic rings. The molecule has 5 nitrogen and oxygen atoms in total. The van der Waals surface area contributed by atoms with Gasteiger partial charge in [-0.3, -0.25) is 4.79 Å². The van der Waals surface area contributed by atoms with Gasteiger partial charge in [0.05, 0.1) is 12.0 Å². The maximum absolute atomic E-state index is 12.0. The first kappa shape index (κ1) is 12.4. The summed E-state index contributed by atoms with van der Waals surface area (Å²) < 4.78 is 10.2. The van der Waals surface area contributed by atoms with Gasteiger partial charge in [0.25, 0.3) is 5.91 Å². The fourth-order valence-corrected chi connectivity index (χ4v) is 1.88. The van der Waals surface area contributed by atoms with Crippen molar-refractivity contribution in [2.75, 3.05) is 0 Å². The number of rotatable bonds is 4. The highest BCUT2D eigenvalue weighted by atomic mass is 16.5. The molecule has 0 aliphatic heterocycles. The molecule has 1 amide bonds. The molecular weight excluding hydrogens is 232 g/mol. The molecule has 2 rings (SSSR count). The van der Waals surface area contributed by atoms with Crippen LogP contribution in [0.25, 0.3) is 0 Å². The third kappa shape index (κ3) is 2.61. The van der Waals surface area contributed by atoms with Crippen LogP contribution in [0.2, 0.25) is 0 Å². The Kier molecular flexibility index (Phi) is 3.50. The zero-order chi connectivity index (χ0) is 13.1. The van der Waals surface area contributed by atoms with Crippen LogP contribution >= 0.6 is 0 Å². The Labute approximate surface area is 105 Å². The smallest absolute Gasteiger partial charge is 0.257 e. The molecule has 0 saturated heterocycles. The summed E-state index contributed by atoms with van der Waals surface area (Å²) in [7, 11) is 0. The van der Waals surface area contributed by atoms with E-state index in [0.29, 0.717) is 23.4 Å². The van der Waals surface area contributed by atoms with Gasteiger partial charge in [0.15, 0.2) is 0 Å². The first-order valence-electron chi connectivity index (χ1n) is 5.84. The number of hydrogen-bond donors (Lipinski definition) is 1. The number of hydrogen-bond acceptors (Lipinski definition) is 4. The largest absolute Gasteiger partial charge is 0.469 e. The Morgan fingerprint density at radius 3 is 2.83 bits per heavy atom. The van der Waals surface area contributed by atoms with Crippen LogP contribution in [0.5, 0.6) is 0 Å². The Hall–Kier alpha value is -2.04. The molecule has 0 aromatic carbocycles. The van der Waals surface area contributed by atoms with Gasteiger partial charge in [0.2, 0.25) is 0 Å². The van der Waals surface area contributed by atoms with Crippen LogP contribution in [-0.4, -0.2) is 17.1 Å². The first-order chi connectivity index (χ1) is 8.58. The first-order valence-corrected chi connectivity index (χ1v) is 5.84. The summed E-state index contributed by atoms with van der Waals surface area (Å²) in [6.45, 7) is 5.41. The Balaban J connectivity index is 1.99. The highest BCUT2D eigenvalue weighted by molar-refractivity contribution is 5.96. The van der Waals surface area contributed by atoms with E-state index < -0.39 is 0 Å². The standard InChI is InChI=1S/C13H16N2O3/c1-8(7-11-5-4-6-17-11)14-13(16)12-9(2)15-18-10(12)3/h4-6,8H,7H2,1-3H3,(H,14,16). The predicted molar refractivity (Wildman–Crippen MR) is 65.3 cm³/mol. The van der Waals surface area contributed by atoms with Crippen LogP contribution < -0.4 is 5.32 Å². The lowest BCUT2D eigenvalue weighted by Gasteiger charge is -2.12. The summed E-state index contributed by atoms with van der Waals surface area (Å²) in [5.41, 5.74) is 1.12. The molecule has 0 fully saturated rings. The second-order valence-corrected chi connectivity index (χ2v) is 4.36. The number of nitrogens with one attached hydrogen (secondary N) is 1. The van der Waals surface area contributed by atoms with Crippen molar-refractivity contribution >= 4 is 5.91 Å². The van der Waals surface area contributed by atoms with Gasteiger partial charge in [0.1, 0.15) is 17.1 Å². The molecule has 0 saturated carbocycles. The third-order valence-corrected chi connectivity index (χ3v) is 2.73. The summed E-state index contributed by atoms with van der Waals surface area (Å²) in [5.74, 6) is 1.22. The topological polar surface area (TPSA) is 68.3 Å². The van der Waals surface area contributed by atoms with E-state index in [4.69, 9.17) is 8.94 Å². The molecule has 1 unspecified atom stereocenters. The fourth-order valence-electron chi connectivity index (χ4n) is 1.88. The van der Waals surface area contributed by atoms with Crippen molar-refractivity contribution < 1.29 is 13.7 Å². The molecule has 0 spiro atoms. The van der Waals surface area contributed by atoms with Gasteiger partial charge < -0.3 is 14.3 Å². The van der Waals surface area contributed by atoms with E-state index in [1.165, 1.54) is 0 Å². The van der Waals surface area contributed by atoms with Gasteiger partial charge in [0, 0.05) is 12.5 Å². The molecule has 0 aliphatic rings. The van der Waals surface area contributed by atoms with Crippen molar-refractivity contribution in [2.24, 2.45) is 0 Å². The van der Waals surface area contributed by atoms with Gasteiger partial charge in [-0.1, -0.05) is 5.16 Å². The van der Waals surface area contributed by atoms with Gasteiger partial charge in [-0.05, 0) is 32.9 Å². The average molecular weight is 248 g/mol. The molecule has 0 aliphatic carbocycles. The second-order valence-electron chi connectivity index (χ2n) is 4.36. The summed E-state index contributed by atoms with van der Waals surface area (Å²) in [4.78, 5) is 12.0. The zero-order valence-corrected chi connectivity index (χ0v) is 10.7. The van der Waals surface area contributed by atoms with E-state index in [2.05, 4.69) is 10.5 Å². The normalized spacial score (nSPS) is 12.4. The quantitative estimate of drug-likeness (QED) is 0.901. The lowest BCUT2D eigenvalue weighted by atomic mass is 10.1. The minimum absolute atomic E-state index is 0.0163. The molecule has 1 N–H and O–H groups in total. The number of furan rings is 1. The lowest BCUT2D eigenvalue weighted by Crippen LogP contribution is -2.34. The van der Waals surface area contributed by atoms with Gasteiger partial charge in [-0.25, -0.2) is 0 Å². The van der Waals surface area contributed by atoms with E-state index in [9.17, 15) is 4.79 Å². The van der Waals surface area contributed by atoms with Gasteiger partial charge in [-0.2, -0.15) is 0 Å². The maximum Gasteiger partial charge on any atom is 0.257 e. The summed E-state index contributed by atoms with van der Waals surface area (Å²) in [5, 5.41) is 6.67.